The minimum absolute atomic E-state index is 0.652. The molecule has 0 bridgehead atoms. The van der Waals surface area contributed by atoms with Crippen molar-refractivity contribution in [2.45, 2.75) is 58.0 Å². The molecular formula is C15H22N2. The highest BCUT2D eigenvalue weighted by molar-refractivity contribution is 5.69. The summed E-state index contributed by atoms with van der Waals surface area (Å²) in [4.78, 5) is 0. The molecule has 0 radical (unpaired) electrons. The molecule has 17 heavy (non-hydrogen) atoms. The third-order valence-electron chi connectivity index (χ3n) is 4.11. The number of anilines is 2. The van der Waals surface area contributed by atoms with Crippen molar-refractivity contribution in [3.05, 3.63) is 23.3 Å². The molecule has 0 amide bonds. The van der Waals surface area contributed by atoms with Crippen LogP contribution in [0, 0.1) is 0 Å². The van der Waals surface area contributed by atoms with E-state index in [1.165, 1.54) is 54.6 Å². The predicted molar refractivity (Wildman–Crippen MR) is 73.9 cm³/mol. The van der Waals surface area contributed by atoms with Gasteiger partial charge in [-0.1, -0.05) is 20.3 Å². The van der Waals surface area contributed by atoms with Gasteiger partial charge in [-0.2, -0.15) is 0 Å². The Bertz CT molecular complexity index is 390. The fourth-order valence-electron chi connectivity index (χ4n) is 3.14. The molecule has 2 unspecified atom stereocenters. The van der Waals surface area contributed by atoms with E-state index in [2.05, 4.69) is 36.6 Å². The molecule has 2 N–H and O–H groups in total. The van der Waals surface area contributed by atoms with Gasteiger partial charge < -0.3 is 10.6 Å². The molecule has 0 saturated carbocycles. The Hall–Kier alpha value is -1.18. The van der Waals surface area contributed by atoms with E-state index >= 15 is 0 Å². The molecule has 2 aliphatic rings. The topological polar surface area (TPSA) is 24.1 Å². The SMILES string of the molecule is CCCC1Cc2cc3c(cc2N1)CC(CC)N3. The Balaban J connectivity index is 1.82. The number of rotatable bonds is 3. The summed E-state index contributed by atoms with van der Waals surface area (Å²) in [6.07, 6.45) is 6.16. The van der Waals surface area contributed by atoms with Crippen LogP contribution in [0.5, 0.6) is 0 Å². The molecular weight excluding hydrogens is 208 g/mol. The van der Waals surface area contributed by atoms with E-state index < -0.39 is 0 Å². The molecule has 0 aliphatic carbocycles. The van der Waals surface area contributed by atoms with Gasteiger partial charge >= 0.3 is 0 Å². The number of nitrogens with one attached hydrogen (secondary N) is 2. The van der Waals surface area contributed by atoms with E-state index in [0.29, 0.717) is 12.1 Å². The molecule has 1 aromatic rings. The van der Waals surface area contributed by atoms with Crippen molar-refractivity contribution in [1.82, 2.24) is 0 Å². The van der Waals surface area contributed by atoms with Crippen LogP contribution in [0.2, 0.25) is 0 Å². The van der Waals surface area contributed by atoms with Crippen LogP contribution in [0.3, 0.4) is 0 Å². The summed E-state index contributed by atoms with van der Waals surface area (Å²) in [6.45, 7) is 4.52. The summed E-state index contributed by atoms with van der Waals surface area (Å²) >= 11 is 0. The Kier molecular flexibility index (Phi) is 2.73. The van der Waals surface area contributed by atoms with Crippen molar-refractivity contribution in [2.24, 2.45) is 0 Å². The second-order valence-corrected chi connectivity index (χ2v) is 5.45. The van der Waals surface area contributed by atoms with E-state index in [9.17, 15) is 0 Å². The zero-order valence-electron chi connectivity index (χ0n) is 10.8. The maximum Gasteiger partial charge on any atom is 0.0380 e. The second-order valence-electron chi connectivity index (χ2n) is 5.45. The van der Waals surface area contributed by atoms with E-state index in [-0.39, 0.29) is 0 Å². The van der Waals surface area contributed by atoms with Crippen molar-refractivity contribution >= 4 is 11.4 Å². The molecule has 2 nitrogen and oxygen atoms in total. The van der Waals surface area contributed by atoms with Crippen LogP contribution in [-0.2, 0) is 12.8 Å². The maximum absolute atomic E-state index is 3.67. The summed E-state index contributed by atoms with van der Waals surface area (Å²) in [5.41, 5.74) is 5.78. The first kappa shape index (κ1) is 10.9. The molecule has 0 aromatic heterocycles. The third kappa shape index (κ3) is 1.90. The predicted octanol–water partition coefficient (Wildman–Crippen LogP) is 3.57. The minimum atomic E-state index is 0.652. The monoisotopic (exact) mass is 230 g/mol. The Morgan fingerprint density at radius 2 is 1.59 bits per heavy atom. The lowest BCUT2D eigenvalue weighted by molar-refractivity contribution is 0.661. The first-order chi connectivity index (χ1) is 8.30. The van der Waals surface area contributed by atoms with Crippen LogP contribution in [0.4, 0.5) is 11.4 Å². The van der Waals surface area contributed by atoms with Crippen LogP contribution in [0.15, 0.2) is 12.1 Å². The maximum atomic E-state index is 3.67. The number of hydrogen-bond acceptors (Lipinski definition) is 2. The lowest BCUT2D eigenvalue weighted by atomic mass is 10.0. The normalized spacial score (nSPS) is 25.1. The van der Waals surface area contributed by atoms with Gasteiger partial charge in [0.15, 0.2) is 0 Å². The van der Waals surface area contributed by atoms with Gasteiger partial charge in [0, 0.05) is 23.5 Å². The van der Waals surface area contributed by atoms with Gasteiger partial charge in [0.1, 0.15) is 0 Å². The van der Waals surface area contributed by atoms with Gasteiger partial charge in [0.25, 0.3) is 0 Å². The molecule has 92 valence electrons. The van der Waals surface area contributed by atoms with Gasteiger partial charge in [-0.25, -0.2) is 0 Å². The zero-order chi connectivity index (χ0) is 11.8. The van der Waals surface area contributed by atoms with E-state index in [0.717, 1.165) is 0 Å². The van der Waals surface area contributed by atoms with Gasteiger partial charge in [0.2, 0.25) is 0 Å². The van der Waals surface area contributed by atoms with Gasteiger partial charge in [0.05, 0.1) is 0 Å². The van der Waals surface area contributed by atoms with E-state index in [4.69, 9.17) is 0 Å². The molecule has 0 spiro atoms. The van der Waals surface area contributed by atoms with Gasteiger partial charge in [-0.3, -0.25) is 0 Å². The minimum Gasteiger partial charge on any atom is -0.382 e. The highest BCUT2D eigenvalue weighted by Gasteiger charge is 2.25. The number of fused-ring (bicyclic) bond motifs is 2. The molecule has 2 heteroatoms. The Morgan fingerprint density at radius 1 is 1.00 bits per heavy atom. The lowest BCUT2D eigenvalue weighted by Gasteiger charge is -2.08. The average Bonchev–Trinajstić information content (AvgIpc) is 2.87. The van der Waals surface area contributed by atoms with Crippen LogP contribution >= 0.6 is 0 Å². The molecule has 2 atom stereocenters. The van der Waals surface area contributed by atoms with Crippen molar-refractivity contribution in [1.29, 1.82) is 0 Å². The smallest absolute Gasteiger partial charge is 0.0380 e. The molecule has 2 heterocycles. The van der Waals surface area contributed by atoms with Crippen molar-refractivity contribution < 1.29 is 0 Å². The second kappa shape index (κ2) is 4.25. The molecule has 2 aliphatic heterocycles. The first-order valence-corrected chi connectivity index (χ1v) is 6.99. The third-order valence-corrected chi connectivity index (χ3v) is 4.11. The van der Waals surface area contributed by atoms with Crippen molar-refractivity contribution in [3.63, 3.8) is 0 Å². The Morgan fingerprint density at radius 3 is 2.18 bits per heavy atom. The summed E-state index contributed by atoms with van der Waals surface area (Å²) in [5.74, 6) is 0. The highest BCUT2D eigenvalue weighted by Crippen LogP contribution is 2.36. The van der Waals surface area contributed by atoms with Crippen molar-refractivity contribution in [2.75, 3.05) is 10.6 Å². The van der Waals surface area contributed by atoms with Crippen LogP contribution in [-0.4, -0.2) is 12.1 Å². The van der Waals surface area contributed by atoms with Gasteiger partial charge in [-0.05, 0) is 48.9 Å². The summed E-state index contributed by atoms with van der Waals surface area (Å²) in [7, 11) is 0. The zero-order valence-corrected chi connectivity index (χ0v) is 10.8. The van der Waals surface area contributed by atoms with Crippen LogP contribution < -0.4 is 10.6 Å². The summed E-state index contributed by atoms with van der Waals surface area (Å²) < 4.78 is 0. The van der Waals surface area contributed by atoms with Gasteiger partial charge in [-0.15, -0.1) is 0 Å². The lowest BCUT2D eigenvalue weighted by Crippen LogP contribution is -2.14. The Labute approximate surface area is 104 Å². The average molecular weight is 230 g/mol. The first-order valence-electron chi connectivity index (χ1n) is 6.99. The largest absolute Gasteiger partial charge is 0.382 e. The van der Waals surface area contributed by atoms with Crippen molar-refractivity contribution in [3.8, 4) is 0 Å². The highest BCUT2D eigenvalue weighted by atomic mass is 15.0. The molecule has 0 fully saturated rings. The molecule has 3 rings (SSSR count). The standard InChI is InChI=1S/C15H22N2/c1-3-5-13-7-11-9-14-10(8-15(11)17-13)6-12(4-2)16-14/h8-9,12-13,16-17H,3-7H2,1-2H3. The van der Waals surface area contributed by atoms with E-state index in [1.807, 2.05) is 0 Å². The van der Waals surface area contributed by atoms with E-state index in [1.54, 1.807) is 0 Å². The number of benzene rings is 1. The van der Waals surface area contributed by atoms with Crippen LogP contribution in [0.25, 0.3) is 0 Å². The number of hydrogen-bond donors (Lipinski definition) is 2. The fraction of sp³-hybridized carbons (Fsp3) is 0.600. The quantitative estimate of drug-likeness (QED) is 0.829. The van der Waals surface area contributed by atoms with Crippen LogP contribution in [0.1, 0.15) is 44.2 Å². The summed E-state index contributed by atoms with van der Waals surface area (Å²) in [5, 5.41) is 7.30. The molecule has 0 saturated heterocycles. The summed E-state index contributed by atoms with van der Waals surface area (Å²) in [6, 6.07) is 6.07. The fourth-order valence-corrected chi connectivity index (χ4v) is 3.14. The molecule has 1 aromatic carbocycles.